The highest BCUT2D eigenvalue weighted by molar-refractivity contribution is 5.73. The standard InChI is InChI=1S/C10H12F3N3O3/c1-18-8(17)3-5-2-7(19-10(11,12)13)16-9(15)6(5)4-14/h2H,3-4,14H2,1H3,(H2,15,16). The summed E-state index contributed by atoms with van der Waals surface area (Å²) in [6.07, 6.45) is -5.17. The van der Waals surface area contributed by atoms with Gasteiger partial charge in [0.2, 0.25) is 5.88 Å². The van der Waals surface area contributed by atoms with Gasteiger partial charge in [-0.15, -0.1) is 13.2 Å². The molecule has 1 heterocycles. The minimum absolute atomic E-state index is 0.0720. The van der Waals surface area contributed by atoms with Crippen molar-refractivity contribution >= 4 is 11.8 Å². The van der Waals surface area contributed by atoms with Gasteiger partial charge >= 0.3 is 12.3 Å². The van der Waals surface area contributed by atoms with Crippen molar-refractivity contribution < 1.29 is 27.4 Å². The molecule has 1 aromatic heterocycles. The van der Waals surface area contributed by atoms with E-state index in [4.69, 9.17) is 11.5 Å². The summed E-state index contributed by atoms with van der Waals surface area (Å²) < 4.78 is 44.4. The lowest BCUT2D eigenvalue weighted by Gasteiger charge is -2.13. The average molecular weight is 279 g/mol. The molecule has 19 heavy (non-hydrogen) atoms. The van der Waals surface area contributed by atoms with Crippen LogP contribution in [-0.2, 0) is 22.5 Å². The van der Waals surface area contributed by atoms with Crippen molar-refractivity contribution in [2.45, 2.75) is 19.3 Å². The number of carbonyl (C=O) groups is 1. The molecule has 0 unspecified atom stereocenters. The molecule has 0 aliphatic rings. The van der Waals surface area contributed by atoms with Crippen LogP contribution in [0.4, 0.5) is 19.0 Å². The molecule has 0 aliphatic carbocycles. The van der Waals surface area contributed by atoms with E-state index in [9.17, 15) is 18.0 Å². The third kappa shape index (κ3) is 4.28. The zero-order chi connectivity index (χ0) is 14.6. The summed E-state index contributed by atoms with van der Waals surface area (Å²) in [6, 6.07) is 0.961. The summed E-state index contributed by atoms with van der Waals surface area (Å²) in [5.74, 6) is -1.61. The Morgan fingerprint density at radius 1 is 1.47 bits per heavy atom. The van der Waals surface area contributed by atoms with Gasteiger partial charge in [0.15, 0.2) is 0 Å². The highest BCUT2D eigenvalue weighted by atomic mass is 19.4. The summed E-state index contributed by atoms with van der Waals surface area (Å²) >= 11 is 0. The molecular weight excluding hydrogens is 267 g/mol. The number of anilines is 1. The Hall–Kier alpha value is -2.03. The lowest BCUT2D eigenvalue weighted by molar-refractivity contribution is -0.276. The molecule has 0 fully saturated rings. The normalized spacial score (nSPS) is 11.2. The van der Waals surface area contributed by atoms with Gasteiger partial charge in [0, 0.05) is 18.2 Å². The van der Waals surface area contributed by atoms with Crippen LogP contribution in [0.3, 0.4) is 0 Å². The van der Waals surface area contributed by atoms with Crippen molar-refractivity contribution in [1.82, 2.24) is 4.98 Å². The second-order valence-electron chi connectivity index (χ2n) is 3.49. The van der Waals surface area contributed by atoms with E-state index < -0.39 is 18.2 Å². The molecule has 106 valence electrons. The van der Waals surface area contributed by atoms with E-state index in [2.05, 4.69) is 14.5 Å². The maximum absolute atomic E-state index is 12.1. The number of carbonyl (C=O) groups excluding carboxylic acids is 1. The van der Waals surface area contributed by atoms with Crippen LogP contribution in [0.5, 0.6) is 5.88 Å². The largest absolute Gasteiger partial charge is 0.574 e. The quantitative estimate of drug-likeness (QED) is 0.788. The molecule has 9 heteroatoms. The number of alkyl halides is 3. The van der Waals surface area contributed by atoms with Gasteiger partial charge in [-0.05, 0) is 5.56 Å². The number of esters is 1. The van der Waals surface area contributed by atoms with Crippen LogP contribution in [0.15, 0.2) is 6.07 Å². The summed E-state index contributed by atoms with van der Waals surface area (Å²) in [6.45, 7) is -0.0720. The first kappa shape index (κ1) is 15.0. The molecule has 1 rings (SSSR count). The Morgan fingerprint density at radius 3 is 2.58 bits per heavy atom. The Balaban J connectivity index is 3.14. The molecule has 1 aromatic rings. The molecule has 0 saturated carbocycles. The Kier molecular flexibility index (Phi) is 4.54. The topological polar surface area (TPSA) is 100 Å². The van der Waals surface area contributed by atoms with Gasteiger partial charge in [-0.25, -0.2) is 0 Å². The van der Waals surface area contributed by atoms with Crippen LogP contribution in [0.2, 0.25) is 0 Å². The van der Waals surface area contributed by atoms with Crippen LogP contribution in [-0.4, -0.2) is 24.4 Å². The van der Waals surface area contributed by atoms with Gasteiger partial charge in [-0.3, -0.25) is 4.79 Å². The number of halogens is 3. The summed E-state index contributed by atoms with van der Waals surface area (Å²) in [4.78, 5) is 14.6. The number of aromatic nitrogens is 1. The fourth-order valence-corrected chi connectivity index (χ4v) is 1.41. The lowest BCUT2D eigenvalue weighted by Crippen LogP contribution is -2.20. The van der Waals surface area contributed by atoms with Crippen molar-refractivity contribution in [3.63, 3.8) is 0 Å². The molecule has 6 nitrogen and oxygen atoms in total. The monoisotopic (exact) mass is 279 g/mol. The molecular formula is C10H12F3N3O3. The van der Waals surface area contributed by atoms with E-state index in [-0.39, 0.29) is 29.9 Å². The predicted molar refractivity (Wildman–Crippen MR) is 58.9 cm³/mol. The van der Waals surface area contributed by atoms with Crippen LogP contribution in [0.1, 0.15) is 11.1 Å². The molecule has 4 N–H and O–H groups in total. The lowest BCUT2D eigenvalue weighted by atomic mass is 10.1. The van der Waals surface area contributed by atoms with Crippen molar-refractivity contribution in [3.05, 3.63) is 17.2 Å². The maximum atomic E-state index is 12.1. The maximum Gasteiger partial charge on any atom is 0.574 e. The zero-order valence-electron chi connectivity index (χ0n) is 9.95. The second kappa shape index (κ2) is 5.74. The first-order valence-electron chi connectivity index (χ1n) is 5.07. The number of nitrogens with zero attached hydrogens (tertiary/aromatic N) is 1. The van der Waals surface area contributed by atoms with E-state index in [1.54, 1.807) is 0 Å². The Labute approximate surface area is 106 Å². The fraction of sp³-hybridized carbons (Fsp3) is 0.400. The van der Waals surface area contributed by atoms with Crippen LogP contribution >= 0.6 is 0 Å². The van der Waals surface area contributed by atoms with Crippen LogP contribution in [0.25, 0.3) is 0 Å². The Morgan fingerprint density at radius 2 is 2.11 bits per heavy atom. The minimum Gasteiger partial charge on any atom is -0.469 e. The van der Waals surface area contributed by atoms with E-state index in [0.29, 0.717) is 0 Å². The van der Waals surface area contributed by atoms with Crippen molar-refractivity contribution in [1.29, 1.82) is 0 Å². The van der Waals surface area contributed by atoms with E-state index >= 15 is 0 Å². The van der Waals surface area contributed by atoms with Crippen molar-refractivity contribution in [2.75, 3.05) is 12.8 Å². The summed E-state index contributed by atoms with van der Waals surface area (Å²) in [5.41, 5.74) is 11.3. The Bertz CT molecular complexity index is 477. The van der Waals surface area contributed by atoms with Crippen molar-refractivity contribution in [2.24, 2.45) is 5.73 Å². The van der Waals surface area contributed by atoms with E-state index in [1.165, 1.54) is 0 Å². The number of nitrogens with two attached hydrogens (primary N) is 2. The first-order chi connectivity index (χ1) is 8.76. The number of ether oxygens (including phenoxy) is 2. The molecule has 0 radical (unpaired) electrons. The third-order valence-corrected chi connectivity index (χ3v) is 2.21. The summed E-state index contributed by atoms with van der Waals surface area (Å²) in [7, 11) is 1.15. The highest BCUT2D eigenvalue weighted by Gasteiger charge is 2.32. The number of hydrogen-bond acceptors (Lipinski definition) is 6. The number of hydrogen-bond donors (Lipinski definition) is 2. The number of methoxy groups -OCH3 is 1. The summed E-state index contributed by atoms with van der Waals surface area (Å²) in [5, 5.41) is 0. The van der Waals surface area contributed by atoms with Crippen LogP contribution in [0, 0.1) is 0 Å². The van der Waals surface area contributed by atoms with E-state index in [1.807, 2.05) is 0 Å². The molecule has 0 atom stereocenters. The predicted octanol–water partition coefficient (Wildman–Crippen LogP) is 0.737. The van der Waals surface area contributed by atoms with Gasteiger partial charge < -0.3 is 20.9 Å². The number of rotatable bonds is 4. The second-order valence-corrected chi connectivity index (χ2v) is 3.49. The molecule has 0 aliphatic heterocycles. The highest BCUT2D eigenvalue weighted by Crippen LogP contribution is 2.26. The van der Waals surface area contributed by atoms with Gasteiger partial charge in [0.1, 0.15) is 5.82 Å². The third-order valence-electron chi connectivity index (χ3n) is 2.21. The average Bonchev–Trinajstić information content (AvgIpc) is 2.26. The minimum atomic E-state index is -4.90. The molecule has 0 aromatic carbocycles. The molecule has 0 saturated heterocycles. The first-order valence-corrected chi connectivity index (χ1v) is 5.07. The van der Waals surface area contributed by atoms with Gasteiger partial charge in [0.25, 0.3) is 0 Å². The number of pyridine rings is 1. The molecule has 0 bridgehead atoms. The number of nitrogen functional groups attached to an aromatic ring is 1. The fourth-order valence-electron chi connectivity index (χ4n) is 1.41. The van der Waals surface area contributed by atoms with Gasteiger partial charge in [0.05, 0.1) is 13.5 Å². The van der Waals surface area contributed by atoms with Crippen molar-refractivity contribution in [3.8, 4) is 5.88 Å². The van der Waals surface area contributed by atoms with Crippen LogP contribution < -0.4 is 16.2 Å². The molecule has 0 amide bonds. The van der Waals surface area contributed by atoms with Gasteiger partial charge in [-0.2, -0.15) is 4.98 Å². The van der Waals surface area contributed by atoms with Gasteiger partial charge in [-0.1, -0.05) is 0 Å². The zero-order valence-corrected chi connectivity index (χ0v) is 9.95. The smallest absolute Gasteiger partial charge is 0.469 e. The SMILES string of the molecule is COC(=O)Cc1cc(OC(F)(F)F)nc(N)c1CN. The van der Waals surface area contributed by atoms with E-state index in [0.717, 1.165) is 13.2 Å². The molecule has 0 spiro atoms.